The highest BCUT2D eigenvalue weighted by atomic mass is 32.2. The highest BCUT2D eigenvalue weighted by Gasteiger charge is 2.15. The Bertz CT molecular complexity index is 797. The van der Waals surface area contributed by atoms with Crippen LogP contribution in [0, 0.1) is 6.92 Å². The number of rotatable bonds is 8. The van der Waals surface area contributed by atoms with Gasteiger partial charge in [-0.25, -0.2) is 0 Å². The van der Waals surface area contributed by atoms with Gasteiger partial charge in [0.25, 0.3) is 0 Å². The van der Waals surface area contributed by atoms with E-state index in [0.29, 0.717) is 23.9 Å². The molecule has 0 aliphatic carbocycles. The number of nitrogens with one attached hydrogen (secondary N) is 3. The summed E-state index contributed by atoms with van der Waals surface area (Å²) in [6.07, 6.45) is 0. The van der Waals surface area contributed by atoms with E-state index in [1.165, 1.54) is 33.0 Å². The molecule has 3 aromatic heterocycles. The Labute approximate surface area is 156 Å². The van der Waals surface area contributed by atoms with E-state index < -0.39 is 0 Å². The molecule has 0 spiro atoms. The van der Waals surface area contributed by atoms with Crippen LogP contribution in [0.25, 0.3) is 0 Å². The van der Waals surface area contributed by atoms with E-state index >= 15 is 0 Å². The molecule has 0 aliphatic heterocycles. The second kappa shape index (κ2) is 8.17. The Balaban J connectivity index is 1.66. The fourth-order valence-corrected chi connectivity index (χ4v) is 4.83. The first kappa shape index (κ1) is 17.5. The maximum absolute atomic E-state index is 10.3. The topological polar surface area (TPSA) is 82.1 Å². The SMILES string of the molecule is CCNSc1scc(Nc2nsnc2NCc2ccc(C)s2)c1O. The van der Waals surface area contributed by atoms with Crippen molar-refractivity contribution in [1.82, 2.24) is 13.5 Å². The fourth-order valence-electron chi connectivity index (χ4n) is 1.90. The third-order valence-corrected chi connectivity index (χ3v) is 6.65. The van der Waals surface area contributed by atoms with Gasteiger partial charge in [-0.05, 0) is 31.0 Å². The van der Waals surface area contributed by atoms with Crippen molar-refractivity contribution < 1.29 is 5.11 Å². The molecule has 0 unspecified atom stereocenters. The summed E-state index contributed by atoms with van der Waals surface area (Å²) in [5.74, 6) is 1.55. The summed E-state index contributed by atoms with van der Waals surface area (Å²) in [6.45, 7) is 5.64. The number of aromatic hydroxyl groups is 1. The van der Waals surface area contributed by atoms with Crippen molar-refractivity contribution in [3.8, 4) is 5.75 Å². The number of aromatic nitrogens is 2. The van der Waals surface area contributed by atoms with Crippen molar-refractivity contribution in [2.45, 2.75) is 24.6 Å². The van der Waals surface area contributed by atoms with Gasteiger partial charge in [-0.1, -0.05) is 6.92 Å². The highest BCUT2D eigenvalue weighted by molar-refractivity contribution is 7.99. The van der Waals surface area contributed by atoms with Crippen molar-refractivity contribution in [3.63, 3.8) is 0 Å². The van der Waals surface area contributed by atoms with Crippen LogP contribution in [0.4, 0.5) is 17.3 Å². The zero-order valence-corrected chi connectivity index (χ0v) is 16.4. The molecule has 3 aromatic rings. The number of hydrogen-bond acceptors (Lipinski definition) is 10. The Morgan fingerprint density at radius 2 is 2.08 bits per heavy atom. The lowest BCUT2D eigenvalue weighted by atomic mass is 10.4. The maximum Gasteiger partial charge on any atom is 0.188 e. The van der Waals surface area contributed by atoms with Crippen LogP contribution >= 0.6 is 46.3 Å². The Morgan fingerprint density at radius 3 is 2.83 bits per heavy atom. The van der Waals surface area contributed by atoms with E-state index in [9.17, 15) is 5.11 Å². The van der Waals surface area contributed by atoms with Gasteiger partial charge in [0, 0.05) is 21.7 Å². The van der Waals surface area contributed by atoms with E-state index in [2.05, 4.69) is 43.2 Å². The van der Waals surface area contributed by atoms with Gasteiger partial charge in [-0.2, -0.15) is 8.75 Å². The third kappa shape index (κ3) is 4.19. The molecule has 0 bridgehead atoms. The van der Waals surface area contributed by atoms with Crippen molar-refractivity contribution in [2.24, 2.45) is 0 Å². The molecule has 0 radical (unpaired) electrons. The van der Waals surface area contributed by atoms with Crippen LogP contribution in [0.15, 0.2) is 21.7 Å². The minimum absolute atomic E-state index is 0.235. The van der Waals surface area contributed by atoms with Crippen LogP contribution in [-0.2, 0) is 6.54 Å². The summed E-state index contributed by atoms with van der Waals surface area (Å²) in [4.78, 5) is 2.53. The summed E-state index contributed by atoms with van der Waals surface area (Å²) < 4.78 is 12.5. The predicted octanol–water partition coefficient (Wildman–Crippen LogP) is 4.65. The van der Waals surface area contributed by atoms with Crippen molar-refractivity contribution in [1.29, 1.82) is 0 Å². The molecular weight excluding hydrogens is 382 g/mol. The monoisotopic (exact) mass is 399 g/mol. The van der Waals surface area contributed by atoms with E-state index in [1.807, 2.05) is 12.3 Å². The second-order valence-corrected chi connectivity index (χ2v) is 8.78. The Morgan fingerprint density at radius 1 is 1.25 bits per heavy atom. The molecule has 3 rings (SSSR count). The van der Waals surface area contributed by atoms with Crippen LogP contribution < -0.4 is 15.4 Å². The number of thiophene rings is 2. The number of nitrogens with zero attached hydrogens (tertiary/aromatic N) is 2. The van der Waals surface area contributed by atoms with E-state index in [4.69, 9.17) is 0 Å². The van der Waals surface area contributed by atoms with Crippen molar-refractivity contribution in [2.75, 3.05) is 17.2 Å². The first-order chi connectivity index (χ1) is 11.7. The summed E-state index contributed by atoms with van der Waals surface area (Å²) in [6, 6.07) is 4.21. The molecule has 0 aliphatic rings. The molecule has 0 aromatic carbocycles. The van der Waals surface area contributed by atoms with Crippen LogP contribution in [0.3, 0.4) is 0 Å². The third-order valence-electron chi connectivity index (χ3n) is 3.01. The van der Waals surface area contributed by atoms with Gasteiger partial charge in [0.1, 0.15) is 4.21 Å². The van der Waals surface area contributed by atoms with Gasteiger partial charge in [0.15, 0.2) is 17.4 Å². The average molecular weight is 400 g/mol. The molecule has 0 saturated heterocycles. The minimum Gasteiger partial charge on any atom is -0.504 e. The number of anilines is 3. The molecule has 0 atom stereocenters. The molecule has 0 saturated carbocycles. The molecule has 10 heteroatoms. The highest BCUT2D eigenvalue weighted by Crippen LogP contribution is 2.41. The molecular formula is C14H17N5OS4. The summed E-state index contributed by atoms with van der Waals surface area (Å²) in [5, 5.41) is 18.6. The summed E-state index contributed by atoms with van der Waals surface area (Å²) in [7, 11) is 0. The molecule has 0 amide bonds. The van der Waals surface area contributed by atoms with Gasteiger partial charge in [-0.3, -0.25) is 4.72 Å². The standard InChI is InChI=1S/C14H17N5OS4/c1-3-16-23-14-11(20)10(7-21-14)17-13-12(18-24-19-13)15-6-9-5-4-8(2)22-9/h4-5,7,16,20H,3,6H2,1-2H3,(H,15,18)(H,17,19). The molecule has 0 fully saturated rings. The summed E-state index contributed by atoms with van der Waals surface area (Å²) in [5.41, 5.74) is 0.642. The first-order valence-corrected chi connectivity index (χ1v) is 10.5. The first-order valence-electron chi connectivity index (χ1n) is 7.26. The van der Waals surface area contributed by atoms with Crippen LogP contribution in [0.5, 0.6) is 5.75 Å². The molecule has 128 valence electrons. The maximum atomic E-state index is 10.3. The van der Waals surface area contributed by atoms with E-state index in [1.54, 1.807) is 11.3 Å². The lowest BCUT2D eigenvalue weighted by Gasteiger charge is -2.06. The number of hydrogen-bond donors (Lipinski definition) is 4. The van der Waals surface area contributed by atoms with Gasteiger partial charge < -0.3 is 15.7 Å². The zero-order valence-electron chi connectivity index (χ0n) is 13.1. The molecule has 24 heavy (non-hydrogen) atoms. The average Bonchev–Trinajstić information content (AvgIpc) is 3.27. The summed E-state index contributed by atoms with van der Waals surface area (Å²) >= 11 is 5.80. The lowest BCUT2D eigenvalue weighted by molar-refractivity contribution is 0.469. The van der Waals surface area contributed by atoms with Gasteiger partial charge in [-0.15, -0.1) is 22.7 Å². The molecule has 6 nitrogen and oxygen atoms in total. The van der Waals surface area contributed by atoms with Gasteiger partial charge in [0.05, 0.1) is 24.0 Å². The fraction of sp³-hybridized carbons (Fsp3) is 0.286. The van der Waals surface area contributed by atoms with Crippen LogP contribution in [0.1, 0.15) is 16.7 Å². The van der Waals surface area contributed by atoms with Crippen LogP contribution in [0.2, 0.25) is 0 Å². The normalized spacial score (nSPS) is 10.9. The minimum atomic E-state index is 0.235. The van der Waals surface area contributed by atoms with E-state index in [-0.39, 0.29) is 5.75 Å². The predicted molar refractivity (Wildman–Crippen MR) is 105 cm³/mol. The lowest BCUT2D eigenvalue weighted by Crippen LogP contribution is -2.01. The molecule has 3 heterocycles. The Hall–Kier alpha value is -1.33. The van der Waals surface area contributed by atoms with Crippen molar-refractivity contribution in [3.05, 3.63) is 27.3 Å². The smallest absolute Gasteiger partial charge is 0.188 e. The molecule has 4 N–H and O–H groups in total. The van der Waals surface area contributed by atoms with Gasteiger partial charge in [0.2, 0.25) is 0 Å². The second-order valence-electron chi connectivity index (χ2n) is 4.84. The quantitative estimate of drug-likeness (QED) is 0.411. The van der Waals surface area contributed by atoms with Crippen molar-refractivity contribution >= 4 is 63.7 Å². The Kier molecular flexibility index (Phi) is 5.95. The van der Waals surface area contributed by atoms with Crippen LogP contribution in [-0.4, -0.2) is 20.4 Å². The van der Waals surface area contributed by atoms with E-state index in [0.717, 1.165) is 22.5 Å². The largest absolute Gasteiger partial charge is 0.504 e. The number of aryl methyl sites for hydroxylation is 1. The zero-order chi connectivity index (χ0) is 16.9. The van der Waals surface area contributed by atoms with Gasteiger partial charge >= 0.3 is 0 Å².